The SMILES string of the molecule is CN=C(NCc1cc(C)ccc1OC(F)F)NCC1CCN(Cc2cccs2)CC1. The van der Waals surface area contributed by atoms with Gasteiger partial charge in [0, 0.05) is 37.1 Å². The Balaban J connectivity index is 1.43. The zero-order chi connectivity index (χ0) is 21.3. The molecular formula is C22H30F2N4OS. The van der Waals surface area contributed by atoms with Crippen molar-refractivity contribution in [3.63, 3.8) is 0 Å². The minimum absolute atomic E-state index is 0.191. The second-order valence-electron chi connectivity index (χ2n) is 7.60. The number of aliphatic imine (C=N–C) groups is 1. The molecule has 0 radical (unpaired) electrons. The van der Waals surface area contributed by atoms with Crippen LogP contribution in [0.15, 0.2) is 40.7 Å². The molecule has 8 heteroatoms. The average molecular weight is 437 g/mol. The van der Waals surface area contributed by atoms with Crippen LogP contribution in [-0.2, 0) is 13.1 Å². The van der Waals surface area contributed by atoms with Gasteiger partial charge in [-0.3, -0.25) is 9.89 Å². The van der Waals surface area contributed by atoms with E-state index in [2.05, 4.69) is 42.8 Å². The maximum atomic E-state index is 12.6. The highest BCUT2D eigenvalue weighted by Crippen LogP contribution is 2.22. The van der Waals surface area contributed by atoms with Crippen LogP contribution in [0.1, 0.15) is 28.8 Å². The first-order valence-electron chi connectivity index (χ1n) is 10.3. The van der Waals surface area contributed by atoms with E-state index in [0.29, 0.717) is 24.0 Å². The Bertz CT molecular complexity index is 805. The molecule has 5 nitrogen and oxygen atoms in total. The molecule has 0 spiro atoms. The first kappa shape index (κ1) is 22.5. The molecule has 0 unspecified atom stereocenters. The van der Waals surface area contributed by atoms with Gasteiger partial charge in [0.15, 0.2) is 5.96 Å². The molecule has 0 amide bonds. The van der Waals surface area contributed by atoms with Gasteiger partial charge in [0.2, 0.25) is 0 Å². The van der Waals surface area contributed by atoms with Gasteiger partial charge in [0.05, 0.1) is 0 Å². The number of guanidine groups is 1. The average Bonchev–Trinajstić information content (AvgIpc) is 3.24. The predicted molar refractivity (Wildman–Crippen MR) is 118 cm³/mol. The van der Waals surface area contributed by atoms with Crippen molar-refractivity contribution in [2.75, 3.05) is 26.7 Å². The van der Waals surface area contributed by atoms with Crippen molar-refractivity contribution < 1.29 is 13.5 Å². The van der Waals surface area contributed by atoms with Crippen LogP contribution in [0, 0.1) is 12.8 Å². The maximum Gasteiger partial charge on any atom is 0.387 e. The van der Waals surface area contributed by atoms with Crippen molar-refractivity contribution in [3.8, 4) is 5.75 Å². The number of benzene rings is 1. The number of thiophene rings is 1. The Hall–Kier alpha value is -2.19. The van der Waals surface area contributed by atoms with Crippen LogP contribution in [0.3, 0.4) is 0 Å². The fourth-order valence-corrected chi connectivity index (χ4v) is 4.42. The van der Waals surface area contributed by atoms with Crippen LogP contribution in [-0.4, -0.2) is 44.2 Å². The molecule has 2 heterocycles. The largest absolute Gasteiger partial charge is 0.434 e. The molecule has 1 aliphatic rings. The summed E-state index contributed by atoms with van der Waals surface area (Å²) in [6, 6.07) is 9.49. The van der Waals surface area contributed by atoms with E-state index >= 15 is 0 Å². The third kappa shape index (κ3) is 6.95. The van der Waals surface area contributed by atoms with Gasteiger partial charge in [-0.15, -0.1) is 11.3 Å². The molecule has 2 aromatic rings. The number of alkyl halides is 2. The number of aryl methyl sites for hydroxylation is 1. The standard InChI is InChI=1S/C22H30F2N4OS/c1-16-5-6-20(29-21(23)24)18(12-16)14-27-22(25-2)26-13-17-7-9-28(10-8-17)15-19-4-3-11-30-19/h3-6,11-12,17,21H,7-10,13-15H2,1-2H3,(H2,25,26,27). The van der Waals surface area contributed by atoms with Crippen LogP contribution < -0.4 is 15.4 Å². The zero-order valence-corrected chi connectivity index (χ0v) is 18.4. The molecule has 0 bridgehead atoms. The first-order chi connectivity index (χ1) is 14.5. The molecule has 0 atom stereocenters. The summed E-state index contributed by atoms with van der Waals surface area (Å²) >= 11 is 1.81. The summed E-state index contributed by atoms with van der Waals surface area (Å²) in [5, 5.41) is 8.72. The van der Waals surface area contributed by atoms with Crippen LogP contribution in [0.5, 0.6) is 5.75 Å². The van der Waals surface area contributed by atoms with Crippen molar-refractivity contribution in [3.05, 3.63) is 51.7 Å². The highest BCUT2D eigenvalue weighted by Gasteiger charge is 2.20. The summed E-state index contributed by atoms with van der Waals surface area (Å²) in [6.07, 6.45) is 2.30. The number of likely N-dealkylation sites (tertiary alicyclic amines) is 1. The number of nitrogens with zero attached hydrogens (tertiary/aromatic N) is 2. The smallest absolute Gasteiger partial charge is 0.387 e. The third-order valence-corrected chi connectivity index (χ3v) is 6.19. The topological polar surface area (TPSA) is 48.9 Å². The maximum absolute atomic E-state index is 12.6. The number of nitrogens with one attached hydrogen (secondary N) is 2. The van der Waals surface area contributed by atoms with E-state index in [-0.39, 0.29) is 5.75 Å². The summed E-state index contributed by atoms with van der Waals surface area (Å²) in [5.41, 5.74) is 1.67. The Morgan fingerprint density at radius 2 is 2.07 bits per heavy atom. The second-order valence-corrected chi connectivity index (χ2v) is 8.63. The summed E-state index contributed by atoms with van der Waals surface area (Å²) in [4.78, 5) is 8.19. The van der Waals surface area contributed by atoms with Gasteiger partial charge in [0.25, 0.3) is 0 Å². The lowest BCUT2D eigenvalue weighted by Crippen LogP contribution is -2.42. The van der Waals surface area contributed by atoms with E-state index in [1.54, 1.807) is 19.2 Å². The van der Waals surface area contributed by atoms with Crippen molar-refractivity contribution in [1.82, 2.24) is 15.5 Å². The number of halogens is 2. The fourth-order valence-electron chi connectivity index (χ4n) is 3.67. The Kier molecular flexibility index (Phi) is 8.45. The number of hydrogen-bond donors (Lipinski definition) is 2. The van der Waals surface area contributed by atoms with Crippen LogP contribution in [0.2, 0.25) is 0 Å². The number of ether oxygens (including phenoxy) is 1. The summed E-state index contributed by atoms with van der Waals surface area (Å²) in [6.45, 7) is 3.55. The Morgan fingerprint density at radius 3 is 2.73 bits per heavy atom. The Morgan fingerprint density at radius 1 is 1.27 bits per heavy atom. The molecule has 1 aromatic carbocycles. The molecule has 164 valence electrons. The van der Waals surface area contributed by atoms with Gasteiger partial charge >= 0.3 is 6.61 Å². The van der Waals surface area contributed by atoms with E-state index in [1.807, 2.05) is 24.3 Å². The van der Waals surface area contributed by atoms with Crippen molar-refractivity contribution >= 4 is 17.3 Å². The number of rotatable bonds is 8. The van der Waals surface area contributed by atoms with E-state index in [4.69, 9.17) is 0 Å². The van der Waals surface area contributed by atoms with Crippen molar-refractivity contribution in [2.45, 2.75) is 39.5 Å². The summed E-state index contributed by atoms with van der Waals surface area (Å²) < 4.78 is 29.9. The minimum atomic E-state index is -2.84. The van der Waals surface area contributed by atoms with Crippen LogP contribution in [0.4, 0.5) is 8.78 Å². The third-order valence-electron chi connectivity index (χ3n) is 5.33. The lowest BCUT2D eigenvalue weighted by atomic mass is 9.97. The lowest BCUT2D eigenvalue weighted by Gasteiger charge is -2.32. The minimum Gasteiger partial charge on any atom is -0.434 e. The molecule has 1 saturated heterocycles. The molecule has 1 aromatic heterocycles. The van der Waals surface area contributed by atoms with E-state index < -0.39 is 6.61 Å². The monoisotopic (exact) mass is 436 g/mol. The van der Waals surface area contributed by atoms with Gasteiger partial charge in [-0.2, -0.15) is 8.78 Å². The normalized spacial score (nSPS) is 16.1. The molecule has 1 fully saturated rings. The lowest BCUT2D eigenvalue weighted by molar-refractivity contribution is -0.0504. The summed E-state index contributed by atoms with van der Waals surface area (Å²) in [5.74, 6) is 1.46. The molecule has 3 rings (SSSR count). The molecule has 1 aliphatic heterocycles. The fraction of sp³-hybridized carbons (Fsp3) is 0.500. The van der Waals surface area contributed by atoms with Gasteiger partial charge in [-0.1, -0.05) is 23.8 Å². The van der Waals surface area contributed by atoms with Crippen molar-refractivity contribution in [2.24, 2.45) is 10.9 Å². The van der Waals surface area contributed by atoms with Gasteiger partial charge in [-0.05, 0) is 56.3 Å². The van der Waals surface area contributed by atoms with Crippen LogP contribution in [0.25, 0.3) is 0 Å². The highest BCUT2D eigenvalue weighted by molar-refractivity contribution is 7.09. The van der Waals surface area contributed by atoms with Gasteiger partial charge < -0.3 is 15.4 Å². The summed E-state index contributed by atoms with van der Waals surface area (Å²) in [7, 11) is 1.71. The molecule has 0 saturated carbocycles. The van der Waals surface area contributed by atoms with Crippen LogP contribution >= 0.6 is 11.3 Å². The molecule has 30 heavy (non-hydrogen) atoms. The quantitative estimate of drug-likeness (QED) is 0.480. The van der Waals surface area contributed by atoms with Gasteiger partial charge in [-0.25, -0.2) is 0 Å². The number of hydrogen-bond acceptors (Lipinski definition) is 4. The first-order valence-corrected chi connectivity index (χ1v) is 11.1. The van der Waals surface area contributed by atoms with Crippen molar-refractivity contribution in [1.29, 1.82) is 0 Å². The molecule has 2 N–H and O–H groups in total. The van der Waals surface area contributed by atoms with E-state index in [0.717, 1.165) is 44.6 Å². The second kappa shape index (κ2) is 11.3. The van der Waals surface area contributed by atoms with E-state index in [9.17, 15) is 8.78 Å². The molecular weight excluding hydrogens is 406 g/mol. The zero-order valence-electron chi connectivity index (χ0n) is 17.5. The van der Waals surface area contributed by atoms with Gasteiger partial charge in [0.1, 0.15) is 5.75 Å². The highest BCUT2D eigenvalue weighted by atomic mass is 32.1. The molecule has 0 aliphatic carbocycles. The predicted octanol–water partition coefficient (Wildman–Crippen LogP) is 4.24. The number of piperidine rings is 1. The van der Waals surface area contributed by atoms with E-state index in [1.165, 1.54) is 4.88 Å². The Labute approximate surface area is 181 Å².